The largest absolute Gasteiger partial charge is 0.236 e. The van der Waals surface area contributed by atoms with Crippen LogP contribution in [0.15, 0.2) is 35.6 Å². The molecule has 15 heavy (non-hydrogen) atoms. The van der Waals surface area contributed by atoms with Crippen molar-refractivity contribution in [3.05, 3.63) is 36.3 Å². The molecule has 0 aliphatic carbocycles. The van der Waals surface area contributed by atoms with Crippen LogP contribution in [0.2, 0.25) is 0 Å². The monoisotopic (exact) mass is 219 g/mol. The molecule has 0 aromatic carbocycles. The molecule has 0 saturated carbocycles. The maximum absolute atomic E-state index is 4.36. The third kappa shape index (κ3) is 2.21. The quantitative estimate of drug-likeness (QED) is 0.744. The molecular formula is C11H13N3S. The molecule has 0 amide bonds. The van der Waals surface area contributed by atoms with Crippen molar-refractivity contribution in [1.29, 1.82) is 0 Å². The molecule has 0 N–H and O–H groups in total. The first-order valence-electron chi connectivity index (χ1n) is 4.90. The fourth-order valence-electron chi connectivity index (χ4n) is 1.35. The Hall–Kier alpha value is -1.29. The smallest absolute Gasteiger partial charge is 0.166 e. The minimum atomic E-state index is 0.914. The zero-order valence-electron chi connectivity index (χ0n) is 8.84. The van der Waals surface area contributed by atoms with E-state index in [1.807, 2.05) is 30.1 Å². The zero-order chi connectivity index (χ0) is 10.7. The first-order valence-corrected chi connectivity index (χ1v) is 5.89. The fraction of sp³-hybridized carbons (Fsp3) is 0.273. The predicted octanol–water partition coefficient (Wildman–Crippen LogP) is 2.69. The van der Waals surface area contributed by atoms with Crippen LogP contribution in [0.25, 0.3) is 5.82 Å². The summed E-state index contributed by atoms with van der Waals surface area (Å²) in [5.41, 5.74) is 1.15. The summed E-state index contributed by atoms with van der Waals surface area (Å²) in [6.45, 7) is 4.16. The number of hydrogen-bond acceptors (Lipinski definition) is 3. The van der Waals surface area contributed by atoms with Crippen LogP contribution in [0.3, 0.4) is 0 Å². The van der Waals surface area contributed by atoms with Crippen LogP contribution in [0.4, 0.5) is 0 Å². The van der Waals surface area contributed by atoms with E-state index in [0.717, 1.165) is 17.1 Å². The van der Waals surface area contributed by atoms with Gasteiger partial charge in [0.05, 0.1) is 11.1 Å². The highest BCUT2D eigenvalue weighted by Crippen LogP contribution is 2.23. The topological polar surface area (TPSA) is 30.7 Å². The highest BCUT2D eigenvalue weighted by atomic mass is 32.2. The lowest BCUT2D eigenvalue weighted by Gasteiger charge is -2.05. The molecule has 0 aliphatic heterocycles. The maximum atomic E-state index is 4.36. The van der Waals surface area contributed by atoms with Crippen LogP contribution < -0.4 is 0 Å². The number of nitrogens with zero attached hydrogens (tertiary/aromatic N) is 3. The number of aryl methyl sites for hydroxylation is 1. The molecule has 0 fully saturated rings. The van der Waals surface area contributed by atoms with E-state index in [-0.39, 0.29) is 0 Å². The second-order valence-corrected chi connectivity index (χ2v) is 4.53. The van der Waals surface area contributed by atoms with Gasteiger partial charge in [0, 0.05) is 12.4 Å². The van der Waals surface area contributed by atoms with Gasteiger partial charge in [-0.2, -0.15) is 5.10 Å². The summed E-state index contributed by atoms with van der Waals surface area (Å²) in [5.74, 6) is 1.95. The van der Waals surface area contributed by atoms with Crippen LogP contribution in [-0.2, 0) is 0 Å². The number of hydrogen-bond donors (Lipinski definition) is 0. The molecule has 0 aliphatic rings. The van der Waals surface area contributed by atoms with Gasteiger partial charge in [-0.05, 0) is 30.4 Å². The summed E-state index contributed by atoms with van der Waals surface area (Å²) in [6, 6.07) is 4.03. The Bertz CT molecular complexity index is 451. The van der Waals surface area contributed by atoms with Gasteiger partial charge in [-0.15, -0.1) is 11.8 Å². The van der Waals surface area contributed by atoms with Gasteiger partial charge in [-0.3, -0.25) is 0 Å². The van der Waals surface area contributed by atoms with Crippen LogP contribution in [0.5, 0.6) is 0 Å². The van der Waals surface area contributed by atoms with Crippen LogP contribution >= 0.6 is 11.8 Å². The van der Waals surface area contributed by atoms with E-state index in [1.54, 1.807) is 18.0 Å². The van der Waals surface area contributed by atoms with E-state index in [4.69, 9.17) is 0 Å². The average molecular weight is 219 g/mol. The van der Waals surface area contributed by atoms with Crippen molar-refractivity contribution in [3.8, 4) is 5.82 Å². The van der Waals surface area contributed by atoms with Gasteiger partial charge in [-0.25, -0.2) is 9.67 Å². The van der Waals surface area contributed by atoms with Crippen molar-refractivity contribution in [2.75, 3.05) is 5.75 Å². The predicted molar refractivity (Wildman–Crippen MR) is 62.5 cm³/mol. The van der Waals surface area contributed by atoms with Gasteiger partial charge in [0.1, 0.15) is 0 Å². The van der Waals surface area contributed by atoms with Gasteiger partial charge in [0.15, 0.2) is 5.82 Å². The molecule has 2 heterocycles. The van der Waals surface area contributed by atoms with Gasteiger partial charge in [0.2, 0.25) is 0 Å². The minimum Gasteiger partial charge on any atom is -0.236 e. The molecule has 78 valence electrons. The summed E-state index contributed by atoms with van der Waals surface area (Å²) in [4.78, 5) is 5.53. The van der Waals surface area contributed by atoms with Crippen LogP contribution in [0.1, 0.15) is 12.5 Å². The van der Waals surface area contributed by atoms with Gasteiger partial charge < -0.3 is 0 Å². The SMILES string of the molecule is CCSc1cccnc1-n1cc(C)cn1. The zero-order valence-corrected chi connectivity index (χ0v) is 9.66. The summed E-state index contributed by atoms with van der Waals surface area (Å²) < 4.78 is 1.83. The normalized spacial score (nSPS) is 10.5. The van der Waals surface area contributed by atoms with E-state index in [1.165, 1.54) is 4.90 Å². The summed E-state index contributed by atoms with van der Waals surface area (Å²) in [6.07, 6.45) is 5.63. The molecule has 0 saturated heterocycles. The molecule has 4 heteroatoms. The molecule has 0 unspecified atom stereocenters. The lowest BCUT2D eigenvalue weighted by molar-refractivity contribution is 0.825. The number of pyridine rings is 1. The first kappa shape index (κ1) is 10.2. The highest BCUT2D eigenvalue weighted by Gasteiger charge is 2.05. The Balaban J connectivity index is 2.42. The van der Waals surface area contributed by atoms with Crippen molar-refractivity contribution >= 4 is 11.8 Å². The molecule has 0 spiro atoms. The highest BCUT2D eigenvalue weighted by molar-refractivity contribution is 7.99. The van der Waals surface area contributed by atoms with Gasteiger partial charge >= 0.3 is 0 Å². The van der Waals surface area contributed by atoms with Crippen molar-refractivity contribution in [2.45, 2.75) is 18.7 Å². The summed E-state index contributed by atoms with van der Waals surface area (Å²) >= 11 is 1.78. The lowest BCUT2D eigenvalue weighted by atomic mass is 10.4. The van der Waals surface area contributed by atoms with E-state index in [2.05, 4.69) is 23.1 Å². The Morgan fingerprint density at radius 2 is 2.33 bits per heavy atom. The Morgan fingerprint density at radius 1 is 1.47 bits per heavy atom. The Labute approximate surface area is 93.5 Å². The maximum Gasteiger partial charge on any atom is 0.166 e. The number of thioether (sulfide) groups is 1. The van der Waals surface area contributed by atoms with E-state index < -0.39 is 0 Å². The first-order chi connectivity index (χ1) is 7.31. The molecule has 0 atom stereocenters. The molecule has 0 bridgehead atoms. The Kier molecular flexibility index (Phi) is 3.06. The average Bonchev–Trinajstić information content (AvgIpc) is 2.66. The van der Waals surface area contributed by atoms with E-state index in [9.17, 15) is 0 Å². The Morgan fingerprint density at radius 3 is 3.00 bits per heavy atom. The molecule has 2 aromatic rings. The molecular weight excluding hydrogens is 206 g/mol. The van der Waals surface area contributed by atoms with Crippen molar-refractivity contribution in [3.63, 3.8) is 0 Å². The standard InChI is InChI=1S/C11H13N3S/c1-3-15-10-5-4-6-12-11(10)14-8-9(2)7-13-14/h4-8H,3H2,1-2H3. The summed E-state index contributed by atoms with van der Waals surface area (Å²) in [7, 11) is 0. The number of rotatable bonds is 3. The fourth-order valence-corrected chi connectivity index (χ4v) is 2.11. The number of aromatic nitrogens is 3. The van der Waals surface area contributed by atoms with E-state index >= 15 is 0 Å². The van der Waals surface area contributed by atoms with E-state index in [0.29, 0.717) is 0 Å². The second kappa shape index (κ2) is 4.49. The minimum absolute atomic E-state index is 0.914. The van der Waals surface area contributed by atoms with Crippen molar-refractivity contribution < 1.29 is 0 Å². The van der Waals surface area contributed by atoms with Gasteiger partial charge in [0.25, 0.3) is 0 Å². The van der Waals surface area contributed by atoms with Crippen molar-refractivity contribution in [1.82, 2.24) is 14.8 Å². The lowest BCUT2D eigenvalue weighted by Crippen LogP contribution is -1.99. The third-order valence-corrected chi connectivity index (χ3v) is 2.90. The molecule has 2 rings (SSSR count). The third-order valence-electron chi connectivity index (χ3n) is 1.98. The second-order valence-electron chi connectivity index (χ2n) is 3.22. The summed E-state index contributed by atoms with van der Waals surface area (Å²) in [5, 5.41) is 4.27. The molecule has 3 nitrogen and oxygen atoms in total. The molecule has 2 aromatic heterocycles. The molecule has 0 radical (unpaired) electrons. The van der Waals surface area contributed by atoms with Crippen LogP contribution in [0, 0.1) is 6.92 Å². The van der Waals surface area contributed by atoms with Crippen molar-refractivity contribution in [2.24, 2.45) is 0 Å². The van der Waals surface area contributed by atoms with Crippen LogP contribution in [-0.4, -0.2) is 20.5 Å². The van der Waals surface area contributed by atoms with Gasteiger partial charge in [-0.1, -0.05) is 6.92 Å².